The summed E-state index contributed by atoms with van der Waals surface area (Å²) in [7, 11) is 2.54. The molecular formula is C22H20FN3O5. The van der Waals surface area contributed by atoms with Gasteiger partial charge in [-0.1, -0.05) is 0 Å². The van der Waals surface area contributed by atoms with Crippen LogP contribution in [-0.2, 0) is 20.7 Å². The van der Waals surface area contributed by atoms with Crippen LogP contribution in [0.3, 0.4) is 0 Å². The Labute approximate surface area is 176 Å². The van der Waals surface area contributed by atoms with E-state index in [1.807, 2.05) is 0 Å². The third-order valence-corrected chi connectivity index (χ3v) is 4.55. The first-order valence-electron chi connectivity index (χ1n) is 9.24. The predicted octanol–water partition coefficient (Wildman–Crippen LogP) is 2.95. The summed E-state index contributed by atoms with van der Waals surface area (Å²) in [6, 6.07) is 11.7. The van der Waals surface area contributed by atoms with E-state index in [9.17, 15) is 18.8 Å². The zero-order valence-corrected chi connectivity index (χ0v) is 17.1. The van der Waals surface area contributed by atoms with Crippen LogP contribution in [0.15, 0.2) is 58.3 Å². The number of ether oxygens (including phenoxy) is 2. The normalized spacial score (nSPS) is 11.3. The van der Waals surface area contributed by atoms with Crippen molar-refractivity contribution in [2.75, 3.05) is 14.2 Å². The molecule has 160 valence electrons. The lowest BCUT2D eigenvalue weighted by Crippen LogP contribution is -2.20. The minimum absolute atomic E-state index is 0.177. The van der Waals surface area contributed by atoms with Crippen LogP contribution in [0, 0.1) is 5.82 Å². The first kappa shape index (κ1) is 21.7. The van der Waals surface area contributed by atoms with Crippen molar-refractivity contribution in [3.63, 3.8) is 0 Å². The zero-order valence-electron chi connectivity index (χ0n) is 17.1. The second-order valence-electron chi connectivity index (χ2n) is 6.57. The highest BCUT2D eigenvalue weighted by Crippen LogP contribution is 2.17. The first-order chi connectivity index (χ1) is 14.8. The SMILES string of the molecule is COC(=O)Cc1[nH]n(-c2ccc(F)cc2)c(=O)c1C(C)=Nc1ccc(C(=O)OC)cc1. The Balaban J connectivity index is 2.06. The van der Waals surface area contributed by atoms with Crippen molar-refractivity contribution >= 4 is 23.3 Å². The molecule has 0 bridgehead atoms. The van der Waals surface area contributed by atoms with Crippen molar-refractivity contribution in [3.8, 4) is 5.69 Å². The number of nitrogens with one attached hydrogen (secondary N) is 1. The minimum atomic E-state index is -0.538. The molecule has 0 aliphatic heterocycles. The predicted molar refractivity (Wildman–Crippen MR) is 112 cm³/mol. The number of carbonyl (C=O) groups excluding carboxylic acids is 2. The maximum Gasteiger partial charge on any atom is 0.337 e. The standard InChI is InChI=1S/C22H20FN3O5/c1-13(24-16-8-4-14(5-9-16)22(29)31-3)20-18(12-19(27)30-2)25-26(21(20)28)17-10-6-15(23)7-11-17/h4-11,25H,12H2,1-3H3. The Bertz CT molecular complexity index is 1190. The smallest absolute Gasteiger partial charge is 0.337 e. The Morgan fingerprint density at radius 3 is 2.26 bits per heavy atom. The second-order valence-corrected chi connectivity index (χ2v) is 6.57. The summed E-state index contributed by atoms with van der Waals surface area (Å²) in [6.45, 7) is 1.63. The van der Waals surface area contributed by atoms with Crippen LogP contribution in [0.25, 0.3) is 5.69 Å². The van der Waals surface area contributed by atoms with Gasteiger partial charge in [-0.2, -0.15) is 0 Å². The lowest BCUT2D eigenvalue weighted by Gasteiger charge is -2.03. The molecule has 0 saturated carbocycles. The van der Waals surface area contributed by atoms with Crippen molar-refractivity contribution < 1.29 is 23.5 Å². The highest BCUT2D eigenvalue weighted by Gasteiger charge is 2.20. The molecule has 1 heterocycles. The number of benzene rings is 2. The summed E-state index contributed by atoms with van der Waals surface area (Å²) < 4.78 is 23.9. The van der Waals surface area contributed by atoms with E-state index >= 15 is 0 Å². The Hall–Kier alpha value is -4.01. The Morgan fingerprint density at radius 1 is 1.03 bits per heavy atom. The quantitative estimate of drug-likeness (QED) is 0.483. The molecule has 9 heteroatoms. The number of aromatic nitrogens is 2. The van der Waals surface area contributed by atoms with Gasteiger partial charge in [0.05, 0.1) is 54.5 Å². The molecule has 2 aromatic carbocycles. The molecule has 0 radical (unpaired) electrons. The number of rotatable bonds is 6. The maximum absolute atomic E-state index is 13.3. The molecule has 0 saturated heterocycles. The number of H-pyrrole nitrogens is 1. The van der Waals surface area contributed by atoms with Crippen molar-refractivity contribution in [2.45, 2.75) is 13.3 Å². The molecule has 1 aromatic heterocycles. The van der Waals surface area contributed by atoms with Gasteiger partial charge in [-0.15, -0.1) is 0 Å². The van der Waals surface area contributed by atoms with Crippen molar-refractivity contribution in [1.29, 1.82) is 0 Å². The second kappa shape index (κ2) is 9.21. The third kappa shape index (κ3) is 4.77. The van der Waals surface area contributed by atoms with Crippen LogP contribution in [0.5, 0.6) is 0 Å². The molecule has 0 amide bonds. The lowest BCUT2D eigenvalue weighted by molar-refractivity contribution is -0.139. The minimum Gasteiger partial charge on any atom is -0.469 e. The maximum atomic E-state index is 13.3. The number of nitrogens with zero attached hydrogens (tertiary/aromatic N) is 2. The van der Waals surface area contributed by atoms with Gasteiger partial charge in [-0.25, -0.2) is 13.9 Å². The summed E-state index contributed by atoms with van der Waals surface area (Å²) in [5.74, 6) is -1.45. The molecule has 0 unspecified atom stereocenters. The van der Waals surface area contributed by atoms with Gasteiger partial charge in [0.1, 0.15) is 5.82 Å². The summed E-state index contributed by atoms with van der Waals surface area (Å²) >= 11 is 0. The van der Waals surface area contributed by atoms with E-state index in [1.54, 1.807) is 31.2 Å². The van der Waals surface area contributed by atoms with Gasteiger partial charge >= 0.3 is 11.9 Å². The van der Waals surface area contributed by atoms with Gasteiger partial charge < -0.3 is 9.47 Å². The molecule has 0 spiro atoms. The summed E-state index contributed by atoms with van der Waals surface area (Å²) in [4.78, 5) is 41.0. The molecule has 0 fully saturated rings. The van der Waals surface area contributed by atoms with E-state index in [-0.39, 0.29) is 12.0 Å². The van der Waals surface area contributed by atoms with Crippen LogP contribution in [0.1, 0.15) is 28.5 Å². The van der Waals surface area contributed by atoms with Gasteiger partial charge in [0, 0.05) is 0 Å². The van der Waals surface area contributed by atoms with Gasteiger partial charge in [-0.05, 0) is 55.5 Å². The number of halogens is 1. The van der Waals surface area contributed by atoms with Gasteiger partial charge in [0.15, 0.2) is 0 Å². The van der Waals surface area contributed by atoms with Crippen molar-refractivity contribution in [3.05, 3.63) is 81.5 Å². The number of methoxy groups -OCH3 is 2. The highest BCUT2D eigenvalue weighted by molar-refractivity contribution is 6.01. The fourth-order valence-corrected chi connectivity index (χ4v) is 3.01. The number of esters is 2. The average molecular weight is 425 g/mol. The molecule has 1 N–H and O–H groups in total. The Morgan fingerprint density at radius 2 is 1.68 bits per heavy atom. The Kier molecular flexibility index (Phi) is 6.44. The van der Waals surface area contributed by atoms with Crippen molar-refractivity contribution in [1.82, 2.24) is 9.78 Å². The van der Waals surface area contributed by atoms with Crippen LogP contribution in [-0.4, -0.2) is 41.7 Å². The molecule has 3 aromatic rings. The number of hydrogen-bond donors (Lipinski definition) is 1. The number of aromatic amines is 1. The van der Waals surface area contributed by atoms with Gasteiger partial charge in [0.2, 0.25) is 0 Å². The third-order valence-electron chi connectivity index (χ3n) is 4.55. The monoisotopic (exact) mass is 425 g/mol. The lowest BCUT2D eigenvalue weighted by atomic mass is 10.1. The van der Waals surface area contributed by atoms with E-state index in [2.05, 4.69) is 14.8 Å². The van der Waals surface area contributed by atoms with Crippen LogP contribution < -0.4 is 5.56 Å². The molecule has 3 rings (SSSR count). The number of carbonyl (C=O) groups is 2. The summed E-state index contributed by atoms with van der Waals surface area (Å²) in [5, 5.41) is 2.89. The van der Waals surface area contributed by atoms with Crippen LogP contribution in [0.2, 0.25) is 0 Å². The van der Waals surface area contributed by atoms with E-state index in [1.165, 1.54) is 43.2 Å². The molecule has 0 atom stereocenters. The molecule has 0 aliphatic rings. The highest BCUT2D eigenvalue weighted by atomic mass is 19.1. The molecule has 8 nitrogen and oxygen atoms in total. The largest absolute Gasteiger partial charge is 0.469 e. The molecular weight excluding hydrogens is 405 g/mol. The topological polar surface area (TPSA) is 103 Å². The molecule has 0 aliphatic carbocycles. The fourth-order valence-electron chi connectivity index (χ4n) is 3.01. The van der Waals surface area contributed by atoms with Gasteiger partial charge in [-0.3, -0.25) is 19.7 Å². The van der Waals surface area contributed by atoms with Crippen LogP contribution in [0.4, 0.5) is 10.1 Å². The fraction of sp³-hybridized carbons (Fsp3) is 0.182. The average Bonchev–Trinajstić information content (AvgIpc) is 3.09. The zero-order chi connectivity index (χ0) is 22.5. The number of hydrogen-bond acceptors (Lipinski definition) is 6. The van der Waals surface area contributed by atoms with E-state index in [0.717, 1.165) is 0 Å². The van der Waals surface area contributed by atoms with Gasteiger partial charge in [0.25, 0.3) is 5.56 Å². The first-order valence-corrected chi connectivity index (χ1v) is 9.24. The van der Waals surface area contributed by atoms with Crippen LogP contribution >= 0.6 is 0 Å². The summed E-state index contributed by atoms with van der Waals surface area (Å²) in [5.41, 5.74) is 1.69. The molecule has 31 heavy (non-hydrogen) atoms. The van der Waals surface area contributed by atoms with E-state index in [0.29, 0.717) is 28.3 Å². The number of aliphatic imine (C=N–C) groups is 1. The van der Waals surface area contributed by atoms with E-state index in [4.69, 9.17) is 4.74 Å². The summed E-state index contributed by atoms with van der Waals surface area (Å²) in [6.07, 6.45) is -0.177. The van der Waals surface area contributed by atoms with Crippen molar-refractivity contribution in [2.24, 2.45) is 4.99 Å². The van der Waals surface area contributed by atoms with E-state index < -0.39 is 23.3 Å².